The summed E-state index contributed by atoms with van der Waals surface area (Å²) in [5, 5.41) is 9.52. The molecule has 1 aliphatic heterocycles. The van der Waals surface area contributed by atoms with Crippen LogP contribution in [-0.2, 0) is 16.0 Å². The molecule has 140 valence electrons. The highest BCUT2D eigenvalue weighted by molar-refractivity contribution is 7.13. The number of benzene rings is 1. The van der Waals surface area contributed by atoms with Gasteiger partial charge in [-0.25, -0.2) is 10.4 Å². The fourth-order valence-corrected chi connectivity index (χ4v) is 3.49. The van der Waals surface area contributed by atoms with Crippen LogP contribution >= 0.6 is 11.3 Å². The van der Waals surface area contributed by atoms with Gasteiger partial charge in [-0.2, -0.15) is 5.10 Å². The summed E-state index contributed by atoms with van der Waals surface area (Å²) in [6.07, 6.45) is 6.08. The molecule has 0 saturated carbocycles. The average molecular weight is 392 g/mol. The smallest absolute Gasteiger partial charge is 0.240 e. The molecule has 0 fully saturated rings. The highest BCUT2D eigenvalue weighted by atomic mass is 32.1. The Morgan fingerprint density at radius 3 is 2.75 bits per heavy atom. The first-order chi connectivity index (χ1) is 13.7. The van der Waals surface area contributed by atoms with Gasteiger partial charge in [0.1, 0.15) is 10.7 Å². The van der Waals surface area contributed by atoms with Crippen LogP contribution in [0.1, 0.15) is 24.1 Å². The van der Waals surface area contributed by atoms with Crippen LogP contribution in [0.25, 0.3) is 10.7 Å². The number of carbonyl (C=O) groups excluding carboxylic acids is 2. The summed E-state index contributed by atoms with van der Waals surface area (Å²) in [4.78, 5) is 36.2. The number of hydrogen-bond donors (Lipinski definition) is 2. The van der Waals surface area contributed by atoms with Crippen molar-refractivity contribution in [2.45, 2.75) is 19.3 Å². The summed E-state index contributed by atoms with van der Waals surface area (Å²) in [7, 11) is 0. The van der Waals surface area contributed by atoms with E-state index < -0.39 is 0 Å². The van der Waals surface area contributed by atoms with Crippen molar-refractivity contribution in [2.24, 2.45) is 5.10 Å². The molecule has 2 aromatic heterocycles. The normalized spacial score (nSPS) is 13.6. The molecule has 0 bridgehead atoms. The largest absolute Gasteiger partial charge is 0.326 e. The monoisotopic (exact) mass is 392 g/mol. The van der Waals surface area contributed by atoms with Gasteiger partial charge >= 0.3 is 0 Å². The molecule has 28 heavy (non-hydrogen) atoms. The van der Waals surface area contributed by atoms with Crippen molar-refractivity contribution < 1.29 is 9.59 Å². The van der Waals surface area contributed by atoms with Gasteiger partial charge in [-0.1, -0.05) is 12.1 Å². The van der Waals surface area contributed by atoms with Crippen LogP contribution in [0.5, 0.6) is 0 Å². The molecule has 8 nitrogen and oxygen atoms in total. The maximum Gasteiger partial charge on any atom is 0.240 e. The summed E-state index contributed by atoms with van der Waals surface area (Å²) < 4.78 is 0. The molecule has 2 amide bonds. The third kappa shape index (κ3) is 4.26. The molecular weight excluding hydrogens is 376 g/mol. The van der Waals surface area contributed by atoms with Gasteiger partial charge < -0.3 is 5.32 Å². The van der Waals surface area contributed by atoms with E-state index in [9.17, 15) is 9.59 Å². The Morgan fingerprint density at radius 1 is 1.18 bits per heavy atom. The summed E-state index contributed by atoms with van der Waals surface area (Å²) in [6.45, 7) is 0. The van der Waals surface area contributed by atoms with Gasteiger partial charge in [0.15, 0.2) is 0 Å². The number of nitrogens with zero attached hydrogens (tertiary/aromatic N) is 4. The average Bonchev–Trinajstić information content (AvgIpc) is 3.18. The summed E-state index contributed by atoms with van der Waals surface area (Å²) in [5.41, 5.74) is 6.31. The number of nitrogens with one attached hydrogen (secondary N) is 2. The third-order valence-corrected chi connectivity index (χ3v) is 5.00. The van der Waals surface area contributed by atoms with Crippen molar-refractivity contribution in [1.29, 1.82) is 0 Å². The van der Waals surface area contributed by atoms with Crippen LogP contribution < -0.4 is 10.7 Å². The first kappa shape index (κ1) is 17.9. The van der Waals surface area contributed by atoms with Crippen LogP contribution in [0.2, 0.25) is 0 Å². The first-order valence-corrected chi connectivity index (χ1v) is 9.52. The van der Waals surface area contributed by atoms with E-state index in [2.05, 4.69) is 30.8 Å². The zero-order valence-corrected chi connectivity index (χ0v) is 15.6. The quantitative estimate of drug-likeness (QED) is 0.693. The van der Waals surface area contributed by atoms with Crippen LogP contribution in [0.3, 0.4) is 0 Å². The second-order valence-corrected chi connectivity index (χ2v) is 6.99. The number of carbonyl (C=O) groups is 2. The lowest BCUT2D eigenvalue weighted by atomic mass is 10.0. The number of hydrogen-bond acceptors (Lipinski definition) is 7. The third-order valence-electron chi connectivity index (χ3n) is 4.08. The standard InChI is InChI=1S/C19H16N6O2S/c26-17-6-5-15(24-25-17)12-1-3-13(4-2-12)22-18(27)9-14-11-28-19(23-14)16-10-20-7-8-21-16/h1-4,7-8,10-11H,5-6,9H2,(H,22,27)(H,25,26). The van der Waals surface area contributed by atoms with Gasteiger partial charge in [-0.3, -0.25) is 19.6 Å². The van der Waals surface area contributed by atoms with Crippen molar-refractivity contribution in [3.63, 3.8) is 0 Å². The Bertz CT molecular complexity index is 1030. The lowest BCUT2D eigenvalue weighted by Gasteiger charge is -2.12. The molecule has 0 aliphatic carbocycles. The molecule has 1 aromatic carbocycles. The molecule has 0 atom stereocenters. The van der Waals surface area contributed by atoms with Crippen LogP contribution in [0.15, 0.2) is 53.3 Å². The molecule has 3 heterocycles. The number of rotatable bonds is 5. The predicted molar refractivity (Wildman–Crippen MR) is 106 cm³/mol. The Labute approximate surface area is 164 Å². The maximum absolute atomic E-state index is 12.3. The highest BCUT2D eigenvalue weighted by Gasteiger charge is 2.14. The summed E-state index contributed by atoms with van der Waals surface area (Å²) in [5.74, 6) is -0.219. The van der Waals surface area contributed by atoms with Gasteiger partial charge in [-0.15, -0.1) is 11.3 Å². The Kier molecular flexibility index (Phi) is 5.16. The van der Waals surface area contributed by atoms with E-state index in [1.807, 2.05) is 29.6 Å². The van der Waals surface area contributed by atoms with Crippen LogP contribution in [-0.4, -0.2) is 32.5 Å². The molecule has 3 aromatic rings. The lowest BCUT2D eigenvalue weighted by Crippen LogP contribution is -2.25. The van der Waals surface area contributed by atoms with E-state index in [0.717, 1.165) is 16.3 Å². The SMILES string of the molecule is O=C1CCC(c2ccc(NC(=O)Cc3csc(-c4cnccn4)n3)cc2)=NN1. The topological polar surface area (TPSA) is 109 Å². The fraction of sp³-hybridized carbons (Fsp3) is 0.158. The molecule has 0 radical (unpaired) electrons. The van der Waals surface area contributed by atoms with E-state index in [0.29, 0.717) is 29.9 Å². The second kappa shape index (κ2) is 8.05. The Morgan fingerprint density at radius 2 is 2.04 bits per heavy atom. The number of thiazole rings is 1. The number of hydrazone groups is 1. The molecular formula is C19H16N6O2S. The molecule has 0 saturated heterocycles. The van der Waals surface area contributed by atoms with E-state index >= 15 is 0 Å². The molecule has 1 aliphatic rings. The number of aromatic nitrogens is 3. The minimum atomic E-state index is -0.147. The van der Waals surface area contributed by atoms with Crippen LogP contribution in [0.4, 0.5) is 5.69 Å². The summed E-state index contributed by atoms with van der Waals surface area (Å²) in [6, 6.07) is 7.39. The summed E-state index contributed by atoms with van der Waals surface area (Å²) >= 11 is 1.43. The predicted octanol–water partition coefficient (Wildman–Crippen LogP) is 2.40. The van der Waals surface area contributed by atoms with Crippen molar-refractivity contribution in [1.82, 2.24) is 20.4 Å². The van der Waals surface area contributed by atoms with E-state index in [1.54, 1.807) is 18.6 Å². The fourth-order valence-electron chi connectivity index (χ4n) is 2.71. The molecule has 0 spiro atoms. The van der Waals surface area contributed by atoms with E-state index in [-0.39, 0.29) is 18.2 Å². The Balaban J connectivity index is 1.36. The van der Waals surface area contributed by atoms with Crippen molar-refractivity contribution >= 4 is 34.6 Å². The zero-order valence-electron chi connectivity index (χ0n) is 14.8. The number of amides is 2. The molecule has 9 heteroatoms. The van der Waals surface area contributed by atoms with E-state index in [1.165, 1.54) is 11.3 Å². The molecule has 4 rings (SSSR count). The van der Waals surface area contributed by atoms with Crippen molar-refractivity contribution in [2.75, 3.05) is 5.32 Å². The van der Waals surface area contributed by atoms with Crippen molar-refractivity contribution in [3.8, 4) is 10.7 Å². The van der Waals surface area contributed by atoms with Gasteiger partial charge in [0.05, 0.1) is 24.0 Å². The van der Waals surface area contributed by atoms with Gasteiger partial charge in [-0.05, 0) is 17.7 Å². The van der Waals surface area contributed by atoms with Gasteiger partial charge in [0, 0.05) is 36.3 Å². The second-order valence-electron chi connectivity index (χ2n) is 6.13. The minimum absolute atomic E-state index is 0.0721. The maximum atomic E-state index is 12.3. The highest BCUT2D eigenvalue weighted by Crippen LogP contribution is 2.21. The zero-order chi connectivity index (χ0) is 19.3. The van der Waals surface area contributed by atoms with Crippen LogP contribution in [0, 0.1) is 0 Å². The van der Waals surface area contributed by atoms with Gasteiger partial charge in [0.2, 0.25) is 11.8 Å². The van der Waals surface area contributed by atoms with E-state index in [4.69, 9.17) is 0 Å². The number of anilines is 1. The Hall–Kier alpha value is -3.46. The van der Waals surface area contributed by atoms with Gasteiger partial charge in [0.25, 0.3) is 0 Å². The van der Waals surface area contributed by atoms with Crippen molar-refractivity contribution in [3.05, 3.63) is 59.5 Å². The molecule has 2 N–H and O–H groups in total. The first-order valence-electron chi connectivity index (χ1n) is 8.64. The lowest BCUT2D eigenvalue weighted by molar-refractivity contribution is -0.121. The minimum Gasteiger partial charge on any atom is -0.326 e. The molecule has 0 unspecified atom stereocenters.